The monoisotopic (exact) mass is 766 g/mol. The molecule has 2 aliphatic carbocycles. The molecule has 0 aromatic rings. The van der Waals surface area contributed by atoms with Gasteiger partial charge in [0.25, 0.3) is 5.91 Å². The summed E-state index contributed by atoms with van der Waals surface area (Å²) in [7, 11) is 0. The molecule has 0 bridgehead atoms. The van der Waals surface area contributed by atoms with Crippen molar-refractivity contribution in [1.29, 1.82) is 0 Å². The van der Waals surface area contributed by atoms with E-state index in [0.29, 0.717) is 19.4 Å². The molecule has 6 amide bonds. The number of fused-ring (bicyclic) bond motifs is 1. The normalized spacial score (nSPS) is 26.5. The quantitative estimate of drug-likeness (QED) is 0.102. The fourth-order valence-corrected chi connectivity index (χ4v) is 9.23. The van der Waals surface area contributed by atoms with Crippen LogP contribution in [-0.2, 0) is 24.0 Å². The second-order valence-electron chi connectivity index (χ2n) is 18.9. The third kappa shape index (κ3) is 10.7. The number of ketones is 1. The molecule has 2 saturated carbocycles. The zero-order valence-corrected chi connectivity index (χ0v) is 34.2. The number of carbonyl (C=O) groups excluding carboxylic acids is 6. The van der Waals surface area contributed by atoms with Crippen molar-refractivity contribution in [3.8, 4) is 12.3 Å². The molecular formula is C42H66N6O7. The van der Waals surface area contributed by atoms with Gasteiger partial charge in [0.05, 0.1) is 12.1 Å². The minimum Gasteiger partial charge on any atom is -0.374 e. The van der Waals surface area contributed by atoms with E-state index in [1.807, 2.05) is 34.6 Å². The summed E-state index contributed by atoms with van der Waals surface area (Å²) in [5, 5.41) is 22.3. The maximum Gasteiger partial charge on any atom is 0.315 e. The lowest BCUT2D eigenvalue weighted by atomic mass is 9.79. The molecule has 0 aromatic heterocycles. The van der Waals surface area contributed by atoms with Crippen LogP contribution in [0.15, 0.2) is 12.7 Å². The molecule has 2 saturated heterocycles. The molecule has 2 heterocycles. The number of nitrogens with one attached hydrogen (secondary N) is 4. The SMILES string of the molecule is C#CCCC(NC(=O)[C@@H]1[C@H]2CCC(C)(C)[C@H]2CN1C(=O)[C@@H](NC(=O)N[C@H](CN1C(=O)CC(C)(C)CC1O)C(C)(C)C)C1CCCCC1)C(=O)C(=O)NCC=C. The first-order valence-corrected chi connectivity index (χ1v) is 20.2. The van der Waals surface area contributed by atoms with Gasteiger partial charge in [-0.25, -0.2) is 4.79 Å². The van der Waals surface area contributed by atoms with Gasteiger partial charge in [-0.15, -0.1) is 18.9 Å². The summed E-state index contributed by atoms with van der Waals surface area (Å²) in [5.41, 5.74) is -0.997. The molecule has 4 fully saturated rings. The Morgan fingerprint density at radius 1 is 1.04 bits per heavy atom. The number of aliphatic hydroxyl groups excluding tert-OH is 1. The van der Waals surface area contributed by atoms with E-state index in [-0.39, 0.29) is 72.8 Å². The number of carbonyl (C=O) groups is 6. The summed E-state index contributed by atoms with van der Waals surface area (Å²) in [6.45, 7) is 18.1. The van der Waals surface area contributed by atoms with Gasteiger partial charge in [-0.3, -0.25) is 24.0 Å². The molecule has 55 heavy (non-hydrogen) atoms. The molecule has 0 radical (unpaired) electrons. The Hall–Kier alpha value is -3.92. The van der Waals surface area contributed by atoms with Crippen LogP contribution >= 0.6 is 0 Å². The maximum atomic E-state index is 15.0. The topological polar surface area (TPSA) is 177 Å². The van der Waals surface area contributed by atoms with Gasteiger partial charge in [-0.1, -0.05) is 73.8 Å². The highest BCUT2D eigenvalue weighted by atomic mass is 16.3. The number of hydrogen-bond donors (Lipinski definition) is 5. The first kappa shape index (κ1) is 43.8. The molecule has 13 heteroatoms. The van der Waals surface area contributed by atoms with Crippen molar-refractivity contribution in [3.05, 3.63) is 12.7 Å². The number of piperidine rings is 1. The number of urea groups is 1. The van der Waals surface area contributed by atoms with E-state index < -0.39 is 59.4 Å². The number of amides is 6. The van der Waals surface area contributed by atoms with E-state index in [1.54, 1.807) is 4.90 Å². The summed E-state index contributed by atoms with van der Waals surface area (Å²) in [4.78, 5) is 85.4. The minimum atomic E-state index is -1.18. The smallest absolute Gasteiger partial charge is 0.315 e. The van der Waals surface area contributed by atoms with E-state index in [1.165, 1.54) is 11.0 Å². The second-order valence-corrected chi connectivity index (χ2v) is 18.9. The Kier molecular flexibility index (Phi) is 14.3. The number of aliphatic hydroxyl groups is 1. The van der Waals surface area contributed by atoms with Gasteiger partial charge in [-0.05, 0) is 72.5 Å². The van der Waals surface area contributed by atoms with Gasteiger partial charge in [0, 0.05) is 32.5 Å². The molecule has 4 rings (SSSR count). The molecule has 2 unspecified atom stereocenters. The van der Waals surface area contributed by atoms with Crippen molar-refractivity contribution in [1.82, 2.24) is 31.1 Å². The molecular weight excluding hydrogens is 700 g/mol. The number of rotatable bonds is 14. The predicted molar refractivity (Wildman–Crippen MR) is 210 cm³/mol. The van der Waals surface area contributed by atoms with E-state index in [2.05, 4.69) is 47.6 Å². The van der Waals surface area contributed by atoms with Crippen molar-refractivity contribution in [3.63, 3.8) is 0 Å². The Morgan fingerprint density at radius 3 is 2.31 bits per heavy atom. The largest absolute Gasteiger partial charge is 0.374 e. The third-order valence-corrected chi connectivity index (χ3v) is 12.6. The lowest BCUT2D eigenvalue weighted by molar-refractivity contribution is -0.155. The Morgan fingerprint density at radius 2 is 1.71 bits per heavy atom. The molecule has 5 N–H and O–H groups in total. The fourth-order valence-electron chi connectivity index (χ4n) is 9.23. The summed E-state index contributed by atoms with van der Waals surface area (Å²) >= 11 is 0. The number of likely N-dealkylation sites (tertiary alicyclic amines) is 2. The highest BCUT2D eigenvalue weighted by Crippen LogP contribution is 2.53. The van der Waals surface area contributed by atoms with Gasteiger partial charge >= 0.3 is 6.03 Å². The van der Waals surface area contributed by atoms with Gasteiger partial charge in [0.1, 0.15) is 18.3 Å². The van der Waals surface area contributed by atoms with Crippen molar-refractivity contribution in [2.75, 3.05) is 19.6 Å². The first-order valence-electron chi connectivity index (χ1n) is 20.2. The van der Waals surface area contributed by atoms with Crippen molar-refractivity contribution < 1.29 is 33.9 Å². The average Bonchev–Trinajstić information content (AvgIpc) is 3.64. The van der Waals surface area contributed by atoms with E-state index >= 15 is 0 Å². The maximum absolute atomic E-state index is 15.0. The van der Waals surface area contributed by atoms with Crippen LogP contribution in [0.3, 0.4) is 0 Å². The van der Waals surface area contributed by atoms with Gasteiger partial charge in [0.2, 0.25) is 23.5 Å². The summed E-state index contributed by atoms with van der Waals surface area (Å²) < 4.78 is 0. The van der Waals surface area contributed by atoms with Crippen LogP contribution in [-0.4, -0.2) is 100 Å². The molecule has 4 aliphatic rings. The minimum absolute atomic E-state index is 0.00698. The van der Waals surface area contributed by atoms with E-state index in [9.17, 15) is 33.9 Å². The van der Waals surface area contributed by atoms with Crippen LogP contribution in [0, 0.1) is 46.3 Å². The summed E-state index contributed by atoms with van der Waals surface area (Å²) in [6.07, 6.45) is 12.8. The Balaban J connectivity index is 1.60. The first-order chi connectivity index (χ1) is 25.7. The Bertz CT molecular complexity index is 1510. The average molecular weight is 767 g/mol. The van der Waals surface area contributed by atoms with Crippen LogP contribution in [0.5, 0.6) is 0 Å². The molecule has 0 spiro atoms. The van der Waals surface area contributed by atoms with Crippen LogP contribution in [0.25, 0.3) is 0 Å². The highest BCUT2D eigenvalue weighted by Gasteiger charge is 2.57. The number of hydrogen-bond acceptors (Lipinski definition) is 7. The number of Topliss-reactive ketones (excluding diaryl/α,β-unsaturated/α-hetero) is 1. The summed E-state index contributed by atoms with van der Waals surface area (Å²) in [5.74, 6) is -0.573. The predicted octanol–water partition coefficient (Wildman–Crippen LogP) is 3.65. The molecule has 2 aliphatic heterocycles. The third-order valence-electron chi connectivity index (χ3n) is 12.6. The fraction of sp³-hybridized carbons (Fsp3) is 0.762. The lowest BCUT2D eigenvalue weighted by Gasteiger charge is -2.44. The van der Waals surface area contributed by atoms with Crippen LogP contribution in [0.2, 0.25) is 0 Å². The second kappa shape index (κ2) is 17.9. The van der Waals surface area contributed by atoms with Crippen LogP contribution in [0.4, 0.5) is 4.79 Å². The van der Waals surface area contributed by atoms with Crippen LogP contribution < -0.4 is 21.3 Å². The van der Waals surface area contributed by atoms with Crippen molar-refractivity contribution in [2.45, 2.75) is 149 Å². The molecule has 13 nitrogen and oxygen atoms in total. The van der Waals surface area contributed by atoms with Crippen molar-refractivity contribution >= 4 is 35.4 Å². The zero-order chi connectivity index (χ0) is 40.9. The standard InChI is InChI=1S/C42H66N6O7/c1-10-12-18-29(35(51)37(53)43-21-11-2)44-36(52)34-27-19-20-42(8,9)28(27)24-48(34)38(54)33(26-16-14-13-15-17-26)46-39(55)45-30(40(3,4)5)25-47-31(49)22-41(6,7)23-32(47)50/h1,11,26-31,33-34,49H,2,12-25H2,3-9H3,(H,43,53)(H,44,52)(H2,45,46,55)/t27-,28-,29?,30+,31?,33-,34-/m0/s1. The van der Waals surface area contributed by atoms with Crippen LogP contribution in [0.1, 0.15) is 119 Å². The number of nitrogens with zero attached hydrogens (tertiary/aromatic N) is 2. The van der Waals surface area contributed by atoms with Gasteiger partial charge < -0.3 is 36.2 Å². The number of terminal acetylenes is 1. The molecule has 0 aromatic carbocycles. The van der Waals surface area contributed by atoms with Gasteiger partial charge in [0.15, 0.2) is 0 Å². The van der Waals surface area contributed by atoms with E-state index in [4.69, 9.17) is 6.42 Å². The summed E-state index contributed by atoms with van der Waals surface area (Å²) in [6, 6.07) is -4.13. The Labute approximate surface area is 327 Å². The zero-order valence-electron chi connectivity index (χ0n) is 34.2. The lowest BCUT2D eigenvalue weighted by Crippen LogP contribution is -2.62. The van der Waals surface area contributed by atoms with Gasteiger partial charge in [-0.2, -0.15) is 0 Å². The van der Waals surface area contributed by atoms with Crippen molar-refractivity contribution in [2.24, 2.45) is 34.0 Å². The molecule has 7 atom stereocenters. The van der Waals surface area contributed by atoms with E-state index in [0.717, 1.165) is 38.5 Å². The highest BCUT2D eigenvalue weighted by molar-refractivity contribution is 6.38. The molecule has 306 valence electrons.